The van der Waals surface area contributed by atoms with E-state index in [1.807, 2.05) is 13.8 Å². The minimum atomic E-state index is -0.602. The van der Waals surface area contributed by atoms with Gasteiger partial charge in [0.15, 0.2) is 0 Å². The number of hydrogen-bond acceptors (Lipinski definition) is 2. The van der Waals surface area contributed by atoms with Gasteiger partial charge >= 0.3 is 0 Å². The fourth-order valence-electron chi connectivity index (χ4n) is 1.40. The highest BCUT2D eigenvalue weighted by Crippen LogP contribution is 2.18. The smallest absolute Gasteiger partial charge is 0.145 e. The minimum Gasteiger partial charge on any atom is -0.391 e. The Bertz CT molecular complexity index is 344. The topological polar surface area (TPSA) is 32.3 Å². The second-order valence-electron chi connectivity index (χ2n) is 4.13. The molecule has 0 fully saturated rings. The molecule has 16 heavy (non-hydrogen) atoms. The quantitative estimate of drug-likeness (QED) is 0.835. The van der Waals surface area contributed by atoms with Crippen molar-refractivity contribution in [1.82, 2.24) is 5.32 Å². The van der Waals surface area contributed by atoms with Gasteiger partial charge in [-0.3, -0.25) is 0 Å². The average Bonchev–Trinajstić information content (AvgIpc) is 2.22. The van der Waals surface area contributed by atoms with Crippen LogP contribution in [0.5, 0.6) is 0 Å². The van der Waals surface area contributed by atoms with Crippen molar-refractivity contribution in [2.24, 2.45) is 0 Å². The van der Waals surface area contributed by atoms with Crippen LogP contribution in [0.4, 0.5) is 4.39 Å². The Kier molecular flexibility index (Phi) is 5.19. The number of aliphatic hydroxyl groups is 1. The van der Waals surface area contributed by atoms with Gasteiger partial charge in [-0.15, -0.1) is 0 Å². The van der Waals surface area contributed by atoms with Crippen molar-refractivity contribution in [2.45, 2.75) is 32.4 Å². The fraction of sp³-hybridized carbons (Fsp3) is 0.500. The highest BCUT2D eigenvalue weighted by atomic mass is 35.5. The zero-order valence-electron chi connectivity index (χ0n) is 9.50. The minimum absolute atomic E-state index is 0.0986. The summed E-state index contributed by atoms with van der Waals surface area (Å²) in [5, 5.41) is 12.9. The van der Waals surface area contributed by atoms with Gasteiger partial charge in [0, 0.05) is 19.0 Å². The molecule has 4 heteroatoms. The van der Waals surface area contributed by atoms with E-state index in [4.69, 9.17) is 11.6 Å². The van der Waals surface area contributed by atoms with E-state index in [1.54, 1.807) is 12.1 Å². The van der Waals surface area contributed by atoms with Crippen LogP contribution in [0.15, 0.2) is 18.2 Å². The normalized spacial score (nSPS) is 13.1. The molecule has 2 nitrogen and oxygen atoms in total. The highest BCUT2D eigenvalue weighted by Gasteiger charge is 2.11. The van der Waals surface area contributed by atoms with Crippen molar-refractivity contribution in [3.8, 4) is 0 Å². The first-order valence-corrected chi connectivity index (χ1v) is 5.73. The van der Waals surface area contributed by atoms with Crippen LogP contribution in [0.2, 0.25) is 5.02 Å². The lowest BCUT2D eigenvalue weighted by atomic mass is 10.1. The summed E-state index contributed by atoms with van der Waals surface area (Å²) in [5.74, 6) is -0.437. The molecule has 0 aromatic heterocycles. The molecular formula is C12H17ClFNO. The van der Waals surface area contributed by atoms with E-state index in [2.05, 4.69) is 5.32 Å². The molecule has 0 saturated heterocycles. The van der Waals surface area contributed by atoms with E-state index in [0.717, 1.165) is 0 Å². The van der Waals surface area contributed by atoms with Gasteiger partial charge in [-0.1, -0.05) is 37.6 Å². The van der Waals surface area contributed by atoms with Crippen LogP contribution >= 0.6 is 11.6 Å². The van der Waals surface area contributed by atoms with E-state index in [-0.39, 0.29) is 11.4 Å². The number of rotatable bonds is 5. The number of nitrogens with one attached hydrogen (secondary N) is 1. The predicted molar refractivity (Wildman–Crippen MR) is 64.3 cm³/mol. The Balaban J connectivity index is 2.56. The van der Waals surface area contributed by atoms with Crippen molar-refractivity contribution in [2.75, 3.05) is 6.54 Å². The summed E-state index contributed by atoms with van der Waals surface area (Å²) in [6.07, 6.45) is -0.332. The molecule has 0 saturated carbocycles. The molecule has 1 aromatic rings. The summed E-state index contributed by atoms with van der Waals surface area (Å²) in [5.41, 5.74) is 0.450. The molecule has 0 amide bonds. The van der Waals surface area contributed by atoms with Crippen molar-refractivity contribution < 1.29 is 9.50 Å². The molecule has 0 aliphatic carbocycles. The Hall–Kier alpha value is -0.640. The molecule has 1 atom stereocenters. The summed E-state index contributed by atoms with van der Waals surface area (Å²) in [4.78, 5) is 0. The molecule has 90 valence electrons. The van der Waals surface area contributed by atoms with Crippen LogP contribution in [0.3, 0.4) is 0 Å². The van der Waals surface area contributed by atoms with Gasteiger partial charge in [0.2, 0.25) is 0 Å². The van der Waals surface area contributed by atoms with Gasteiger partial charge in [0.05, 0.1) is 11.1 Å². The van der Waals surface area contributed by atoms with E-state index < -0.39 is 11.9 Å². The van der Waals surface area contributed by atoms with Crippen LogP contribution in [-0.4, -0.2) is 23.8 Å². The molecule has 1 aromatic carbocycles. The number of halogens is 2. The molecular weight excluding hydrogens is 229 g/mol. The van der Waals surface area contributed by atoms with Gasteiger partial charge in [-0.25, -0.2) is 4.39 Å². The maximum absolute atomic E-state index is 13.5. The van der Waals surface area contributed by atoms with Gasteiger partial charge in [0.1, 0.15) is 5.82 Å². The van der Waals surface area contributed by atoms with Crippen LogP contribution in [0, 0.1) is 5.82 Å². The lowest BCUT2D eigenvalue weighted by Gasteiger charge is -2.14. The maximum Gasteiger partial charge on any atom is 0.145 e. The SMILES string of the molecule is CC(C)NCC(O)Cc1cccc(Cl)c1F. The highest BCUT2D eigenvalue weighted by molar-refractivity contribution is 6.30. The van der Waals surface area contributed by atoms with E-state index in [1.165, 1.54) is 6.07 Å². The maximum atomic E-state index is 13.5. The van der Waals surface area contributed by atoms with Gasteiger partial charge < -0.3 is 10.4 Å². The van der Waals surface area contributed by atoms with Gasteiger partial charge in [-0.05, 0) is 11.6 Å². The lowest BCUT2D eigenvalue weighted by Crippen LogP contribution is -2.33. The summed E-state index contributed by atoms with van der Waals surface area (Å²) in [6, 6.07) is 5.13. The third kappa shape index (κ3) is 4.08. The largest absolute Gasteiger partial charge is 0.391 e. The molecule has 1 rings (SSSR count). The average molecular weight is 246 g/mol. The van der Waals surface area contributed by atoms with Crippen molar-refractivity contribution in [3.05, 3.63) is 34.6 Å². The molecule has 0 aliphatic rings. The molecule has 0 spiro atoms. The van der Waals surface area contributed by atoms with Crippen molar-refractivity contribution in [1.29, 1.82) is 0 Å². The zero-order chi connectivity index (χ0) is 12.1. The van der Waals surface area contributed by atoms with Crippen molar-refractivity contribution >= 4 is 11.6 Å². The molecule has 0 aliphatic heterocycles. The Morgan fingerprint density at radius 2 is 2.12 bits per heavy atom. The standard InChI is InChI=1S/C12H17ClFNO/c1-8(2)15-7-10(16)6-9-4-3-5-11(13)12(9)14/h3-5,8,10,15-16H,6-7H2,1-2H3. The third-order valence-electron chi connectivity index (χ3n) is 2.25. The second kappa shape index (κ2) is 6.18. The second-order valence-corrected chi connectivity index (χ2v) is 4.54. The van der Waals surface area contributed by atoms with Crippen LogP contribution < -0.4 is 5.32 Å². The monoisotopic (exact) mass is 245 g/mol. The van der Waals surface area contributed by atoms with E-state index in [0.29, 0.717) is 18.2 Å². The third-order valence-corrected chi connectivity index (χ3v) is 2.54. The molecule has 0 bridgehead atoms. The first-order valence-electron chi connectivity index (χ1n) is 5.35. The number of aliphatic hydroxyl groups excluding tert-OH is 1. The molecule has 1 unspecified atom stereocenters. The van der Waals surface area contributed by atoms with Crippen LogP contribution in [0.1, 0.15) is 19.4 Å². The summed E-state index contributed by atoms with van der Waals surface area (Å²) in [6.45, 7) is 4.43. The molecule has 0 heterocycles. The van der Waals surface area contributed by atoms with E-state index >= 15 is 0 Å². The predicted octanol–water partition coefficient (Wildman–Crippen LogP) is 2.38. The summed E-state index contributed by atoms with van der Waals surface area (Å²) in [7, 11) is 0. The molecule has 2 N–H and O–H groups in total. The van der Waals surface area contributed by atoms with Gasteiger partial charge in [0.25, 0.3) is 0 Å². The summed E-state index contributed by atoms with van der Waals surface area (Å²) >= 11 is 5.65. The van der Waals surface area contributed by atoms with Crippen molar-refractivity contribution in [3.63, 3.8) is 0 Å². The van der Waals surface area contributed by atoms with Crippen LogP contribution in [-0.2, 0) is 6.42 Å². The molecule has 0 radical (unpaired) electrons. The lowest BCUT2D eigenvalue weighted by molar-refractivity contribution is 0.167. The fourth-order valence-corrected chi connectivity index (χ4v) is 1.60. The Morgan fingerprint density at radius 3 is 2.75 bits per heavy atom. The Labute approximate surface area is 100 Å². The first-order chi connectivity index (χ1) is 7.50. The summed E-state index contributed by atoms with van der Waals surface area (Å²) < 4.78 is 13.5. The zero-order valence-corrected chi connectivity index (χ0v) is 10.3. The number of hydrogen-bond donors (Lipinski definition) is 2. The number of benzene rings is 1. The van der Waals surface area contributed by atoms with Crippen LogP contribution in [0.25, 0.3) is 0 Å². The Morgan fingerprint density at radius 1 is 1.44 bits per heavy atom. The van der Waals surface area contributed by atoms with Gasteiger partial charge in [-0.2, -0.15) is 0 Å². The first kappa shape index (κ1) is 13.4. The van der Waals surface area contributed by atoms with E-state index in [9.17, 15) is 9.50 Å².